The zero-order valence-corrected chi connectivity index (χ0v) is 11.6. The molecule has 2 aromatic rings. The van der Waals surface area contributed by atoms with Crippen LogP contribution in [0.5, 0.6) is 0 Å². The van der Waals surface area contributed by atoms with E-state index in [1.807, 2.05) is 6.07 Å². The summed E-state index contributed by atoms with van der Waals surface area (Å²) in [4.78, 5) is 18.5. The normalized spacial score (nSPS) is 16.2. The van der Waals surface area contributed by atoms with Gasteiger partial charge in [-0.25, -0.2) is 4.98 Å². The Bertz CT molecular complexity index is 675. The van der Waals surface area contributed by atoms with Gasteiger partial charge in [0.25, 0.3) is 5.56 Å². The molecule has 0 saturated heterocycles. The number of hydrogen-bond acceptors (Lipinski definition) is 4. The van der Waals surface area contributed by atoms with E-state index in [9.17, 15) is 4.79 Å². The van der Waals surface area contributed by atoms with Gasteiger partial charge in [0.05, 0.1) is 28.6 Å². The Balaban J connectivity index is 1.90. The van der Waals surface area contributed by atoms with Gasteiger partial charge in [-0.15, -0.1) is 0 Å². The number of benzene rings is 1. The van der Waals surface area contributed by atoms with Crippen molar-refractivity contribution < 1.29 is 0 Å². The minimum atomic E-state index is -0.154. The maximum atomic E-state index is 11.7. The average molecular weight is 272 g/mol. The van der Waals surface area contributed by atoms with E-state index in [4.69, 9.17) is 5.73 Å². The van der Waals surface area contributed by atoms with Crippen molar-refractivity contribution in [3.05, 3.63) is 28.8 Å². The number of nitrogen functional groups attached to an aromatic ring is 1. The van der Waals surface area contributed by atoms with Crippen LogP contribution >= 0.6 is 0 Å². The summed E-state index contributed by atoms with van der Waals surface area (Å²) in [5, 5.41) is 4.04. The Morgan fingerprint density at radius 2 is 2.30 bits per heavy atom. The fraction of sp³-hybridized carbons (Fsp3) is 0.467. The van der Waals surface area contributed by atoms with Crippen LogP contribution in [-0.2, 0) is 0 Å². The SMILES string of the molecule is CCC(CC1CC1)Nc1cc2nc[nH]c(=O)c2cc1N. The van der Waals surface area contributed by atoms with Crippen molar-refractivity contribution in [3.63, 3.8) is 0 Å². The molecule has 1 unspecified atom stereocenters. The third-order valence-corrected chi connectivity index (χ3v) is 3.98. The maximum absolute atomic E-state index is 11.7. The van der Waals surface area contributed by atoms with Crippen molar-refractivity contribution in [1.82, 2.24) is 9.97 Å². The lowest BCUT2D eigenvalue weighted by atomic mass is 10.1. The van der Waals surface area contributed by atoms with E-state index >= 15 is 0 Å². The molecule has 1 aromatic heterocycles. The topological polar surface area (TPSA) is 83.8 Å². The minimum absolute atomic E-state index is 0.154. The largest absolute Gasteiger partial charge is 0.397 e. The van der Waals surface area contributed by atoms with Gasteiger partial charge in [0.15, 0.2) is 0 Å². The smallest absolute Gasteiger partial charge is 0.258 e. The summed E-state index contributed by atoms with van der Waals surface area (Å²) in [6.07, 6.45) is 6.38. The fourth-order valence-electron chi connectivity index (χ4n) is 2.56. The molecule has 1 aliphatic rings. The average Bonchev–Trinajstić information content (AvgIpc) is 3.24. The molecule has 0 radical (unpaired) electrons. The number of fused-ring (bicyclic) bond motifs is 1. The van der Waals surface area contributed by atoms with Crippen molar-refractivity contribution in [3.8, 4) is 0 Å². The molecule has 1 aliphatic carbocycles. The zero-order valence-electron chi connectivity index (χ0n) is 11.6. The number of anilines is 2. The number of nitrogens with zero attached hydrogens (tertiary/aromatic N) is 1. The summed E-state index contributed by atoms with van der Waals surface area (Å²) in [7, 11) is 0. The highest BCUT2D eigenvalue weighted by molar-refractivity contribution is 5.88. The van der Waals surface area contributed by atoms with E-state index in [1.54, 1.807) is 6.07 Å². The number of aromatic nitrogens is 2. The molecule has 4 N–H and O–H groups in total. The second-order valence-electron chi connectivity index (χ2n) is 5.62. The summed E-state index contributed by atoms with van der Waals surface area (Å²) >= 11 is 0. The molecule has 5 heteroatoms. The summed E-state index contributed by atoms with van der Waals surface area (Å²) in [6, 6.07) is 4.01. The lowest BCUT2D eigenvalue weighted by Gasteiger charge is -2.19. The highest BCUT2D eigenvalue weighted by Crippen LogP contribution is 2.35. The highest BCUT2D eigenvalue weighted by atomic mass is 16.1. The Hall–Kier alpha value is -2.04. The number of rotatable bonds is 5. The van der Waals surface area contributed by atoms with Crippen LogP contribution in [0.25, 0.3) is 10.9 Å². The van der Waals surface area contributed by atoms with Crippen LogP contribution in [0.4, 0.5) is 11.4 Å². The number of hydrogen-bond donors (Lipinski definition) is 3. The Labute approximate surface area is 117 Å². The first-order chi connectivity index (χ1) is 9.67. The van der Waals surface area contributed by atoms with E-state index in [2.05, 4.69) is 22.2 Å². The van der Waals surface area contributed by atoms with E-state index in [1.165, 1.54) is 25.6 Å². The van der Waals surface area contributed by atoms with E-state index in [0.29, 0.717) is 22.6 Å². The minimum Gasteiger partial charge on any atom is -0.397 e. The van der Waals surface area contributed by atoms with E-state index < -0.39 is 0 Å². The van der Waals surface area contributed by atoms with Crippen LogP contribution in [0.1, 0.15) is 32.6 Å². The first-order valence-electron chi connectivity index (χ1n) is 7.21. The third kappa shape index (κ3) is 2.61. The van der Waals surface area contributed by atoms with Crippen LogP contribution < -0.4 is 16.6 Å². The molecule has 0 spiro atoms. The standard InChI is InChI=1S/C15H20N4O/c1-2-10(5-9-3-4-9)19-14-7-13-11(6-12(14)16)15(20)18-8-17-13/h6-10,19H,2-5,16H2,1H3,(H,17,18,20). The molecule has 1 fully saturated rings. The van der Waals surface area contributed by atoms with E-state index in [-0.39, 0.29) is 5.56 Å². The lowest BCUT2D eigenvalue weighted by molar-refractivity contribution is 0.587. The van der Waals surface area contributed by atoms with Gasteiger partial charge in [-0.05, 0) is 30.9 Å². The second-order valence-corrected chi connectivity index (χ2v) is 5.62. The Morgan fingerprint density at radius 3 is 3.00 bits per heavy atom. The van der Waals surface area contributed by atoms with Gasteiger partial charge < -0.3 is 16.0 Å². The zero-order chi connectivity index (χ0) is 14.1. The van der Waals surface area contributed by atoms with Crippen LogP contribution in [0, 0.1) is 5.92 Å². The van der Waals surface area contributed by atoms with Crippen LogP contribution in [0.2, 0.25) is 0 Å². The summed E-state index contributed by atoms with van der Waals surface area (Å²) < 4.78 is 0. The van der Waals surface area contributed by atoms with Crippen molar-refractivity contribution >= 4 is 22.3 Å². The Kier molecular flexibility index (Phi) is 3.34. The molecule has 1 atom stereocenters. The second kappa shape index (κ2) is 5.15. The quantitative estimate of drug-likeness (QED) is 0.730. The van der Waals surface area contributed by atoms with Crippen LogP contribution in [0.3, 0.4) is 0 Å². The van der Waals surface area contributed by atoms with Gasteiger partial charge in [-0.1, -0.05) is 19.8 Å². The molecular formula is C15H20N4O. The predicted octanol–water partition coefficient (Wildman–Crippen LogP) is 2.50. The molecular weight excluding hydrogens is 252 g/mol. The van der Waals surface area contributed by atoms with Crippen molar-refractivity contribution in [2.45, 2.75) is 38.6 Å². The number of aromatic amines is 1. The fourth-order valence-corrected chi connectivity index (χ4v) is 2.56. The molecule has 0 amide bonds. The lowest BCUT2D eigenvalue weighted by Crippen LogP contribution is -2.20. The first-order valence-corrected chi connectivity index (χ1v) is 7.21. The Morgan fingerprint density at radius 1 is 1.50 bits per heavy atom. The van der Waals surface area contributed by atoms with Crippen molar-refractivity contribution in [2.75, 3.05) is 11.1 Å². The monoisotopic (exact) mass is 272 g/mol. The highest BCUT2D eigenvalue weighted by Gasteiger charge is 2.25. The maximum Gasteiger partial charge on any atom is 0.258 e. The first kappa shape index (κ1) is 13.0. The van der Waals surface area contributed by atoms with Gasteiger partial charge in [0, 0.05) is 6.04 Å². The molecule has 5 nitrogen and oxygen atoms in total. The molecule has 0 aliphatic heterocycles. The molecule has 0 bridgehead atoms. The van der Waals surface area contributed by atoms with Gasteiger partial charge >= 0.3 is 0 Å². The summed E-state index contributed by atoms with van der Waals surface area (Å²) in [5.41, 5.74) is 8.06. The number of nitrogens with two attached hydrogens (primary N) is 1. The predicted molar refractivity (Wildman–Crippen MR) is 81.8 cm³/mol. The molecule has 106 valence electrons. The van der Waals surface area contributed by atoms with E-state index in [0.717, 1.165) is 18.0 Å². The molecule has 1 heterocycles. The molecule has 1 aromatic carbocycles. The summed E-state index contributed by atoms with van der Waals surface area (Å²) in [5.74, 6) is 0.870. The third-order valence-electron chi connectivity index (χ3n) is 3.98. The van der Waals surface area contributed by atoms with Crippen LogP contribution in [0.15, 0.2) is 23.3 Å². The van der Waals surface area contributed by atoms with Gasteiger partial charge in [-0.3, -0.25) is 4.79 Å². The van der Waals surface area contributed by atoms with Gasteiger partial charge in [0.1, 0.15) is 0 Å². The molecule has 1 saturated carbocycles. The van der Waals surface area contributed by atoms with Gasteiger partial charge in [0.2, 0.25) is 0 Å². The number of H-pyrrole nitrogens is 1. The van der Waals surface area contributed by atoms with Crippen molar-refractivity contribution in [1.29, 1.82) is 0 Å². The van der Waals surface area contributed by atoms with Crippen LogP contribution in [-0.4, -0.2) is 16.0 Å². The summed E-state index contributed by atoms with van der Waals surface area (Å²) in [6.45, 7) is 2.18. The van der Waals surface area contributed by atoms with Crippen molar-refractivity contribution in [2.24, 2.45) is 5.92 Å². The molecule has 20 heavy (non-hydrogen) atoms. The molecule has 3 rings (SSSR count). The van der Waals surface area contributed by atoms with Gasteiger partial charge in [-0.2, -0.15) is 0 Å². The number of nitrogens with one attached hydrogen (secondary N) is 2.